The lowest BCUT2D eigenvalue weighted by Gasteiger charge is -2.40. The van der Waals surface area contributed by atoms with E-state index in [1.165, 1.54) is 19.3 Å². The Morgan fingerprint density at radius 3 is 2.62 bits per heavy atom. The van der Waals surface area contributed by atoms with E-state index in [1.54, 1.807) is 0 Å². The van der Waals surface area contributed by atoms with Crippen LogP contribution in [0.3, 0.4) is 0 Å². The molecular weight excluding hydrogens is 162 g/mol. The van der Waals surface area contributed by atoms with Crippen molar-refractivity contribution >= 4 is 0 Å². The molecule has 72 valence electrons. The van der Waals surface area contributed by atoms with Gasteiger partial charge in [0.25, 0.3) is 0 Å². The van der Waals surface area contributed by atoms with Crippen LogP contribution in [-0.2, 0) is 4.74 Å². The summed E-state index contributed by atoms with van der Waals surface area (Å²) < 4.78 is 5.84. The van der Waals surface area contributed by atoms with Gasteiger partial charge in [-0.2, -0.15) is 0 Å². The lowest BCUT2D eigenvalue weighted by atomic mass is 10.00. The van der Waals surface area contributed by atoms with Crippen LogP contribution in [0.25, 0.3) is 0 Å². The van der Waals surface area contributed by atoms with Gasteiger partial charge in [0.1, 0.15) is 0 Å². The number of hydrogen-bond donors (Lipinski definition) is 0. The van der Waals surface area contributed by atoms with Crippen molar-refractivity contribution in [1.82, 2.24) is 4.90 Å². The van der Waals surface area contributed by atoms with Crippen molar-refractivity contribution in [1.29, 1.82) is 0 Å². The van der Waals surface area contributed by atoms with Crippen LogP contribution in [0.1, 0.15) is 26.2 Å². The van der Waals surface area contributed by atoms with E-state index in [4.69, 9.17) is 4.74 Å². The lowest BCUT2D eigenvalue weighted by molar-refractivity contribution is -0.110. The summed E-state index contributed by atoms with van der Waals surface area (Å²) in [5.74, 6) is 6.08. The van der Waals surface area contributed by atoms with Crippen molar-refractivity contribution in [3.8, 4) is 11.8 Å². The van der Waals surface area contributed by atoms with E-state index in [0.717, 1.165) is 19.6 Å². The van der Waals surface area contributed by atoms with Crippen molar-refractivity contribution in [2.24, 2.45) is 0 Å². The Morgan fingerprint density at radius 1 is 1.31 bits per heavy atom. The average Bonchev–Trinajstić information content (AvgIpc) is 2.14. The Kier molecular flexibility index (Phi) is 2.87. The first-order valence-corrected chi connectivity index (χ1v) is 5.16. The molecule has 0 spiro atoms. The molecule has 0 aromatic carbocycles. The number of morpholine rings is 1. The van der Waals surface area contributed by atoms with Crippen LogP contribution < -0.4 is 0 Å². The predicted octanol–water partition coefficient (Wildman–Crippen LogP) is 1.26. The first kappa shape index (κ1) is 9.05. The molecule has 2 fully saturated rings. The minimum Gasteiger partial charge on any atom is -0.372 e. The molecule has 0 saturated carbocycles. The smallest absolute Gasteiger partial charge is 0.0706 e. The normalized spacial score (nSPS) is 33.6. The summed E-state index contributed by atoms with van der Waals surface area (Å²) in [6.07, 6.45) is 4.82. The molecule has 0 radical (unpaired) electrons. The second-order valence-electron chi connectivity index (χ2n) is 3.93. The molecule has 2 aliphatic heterocycles. The number of ether oxygens (including phenoxy) is 1. The highest BCUT2D eigenvalue weighted by Gasteiger charge is 2.30. The number of likely N-dealkylation sites (tertiary alicyclic amines) is 1. The average molecular weight is 179 g/mol. The molecule has 2 saturated heterocycles. The summed E-state index contributed by atoms with van der Waals surface area (Å²) in [7, 11) is 0. The van der Waals surface area contributed by atoms with Crippen LogP contribution >= 0.6 is 0 Å². The van der Waals surface area contributed by atoms with E-state index in [-0.39, 0.29) is 0 Å². The number of hydrogen-bond acceptors (Lipinski definition) is 2. The molecule has 2 nitrogen and oxygen atoms in total. The number of rotatable bonds is 1. The summed E-state index contributed by atoms with van der Waals surface area (Å²) in [4.78, 5) is 2.43. The summed E-state index contributed by atoms with van der Waals surface area (Å²) in [6.45, 7) is 5.00. The zero-order valence-corrected chi connectivity index (χ0v) is 8.25. The number of fused-ring (bicyclic) bond motifs is 2. The molecule has 2 aliphatic rings. The van der Waals surface area contributed by atoms with Crippen molar-refractivity contribution < 1.29 is 4.74 Å². The van der Waals surface area contributed by atoms with Crippen molar-refractivity contribution in [2.75, 3.05) is 19.6 Å². The van der Waals surface area contributed by atoms with Gasteiger partial charge >= 0.3 is 0 Å². The third-order valence-corrected chi connectivity index (χ3v) is 2.84. The molecule has 2 atom stereocenters. The third kappa shape index (κ3) is 2.24. The maximum absolute atomic E-state index is 5.84. The molecule has 2 bridgehead atoms. The van der Waals surface area contributed by atoms with E-state index >= 15 is 0 Å². The van der Waals surface area contributed by atoms with E-state index in [9.17, 15) is 0 Å². The van der Waals surface area contributed by atoms with Crippen molar-refractivity contribution in [2.45, 2.75) is 38.4 Å². The van der Waals surface area contributed by atoms with Gasteiger partial charge in [-0.3, -0.25) is 4.90 Å². The van der Waals surface area contributed by atoms with E-state index < -0.39 is 0 Å². The largest absolute Gasteiger partial charge is 0.372 e. The molecule has 2 rings (SSSR count). The van der Waals surface area contributed by atoms with Gasteiger partial charge in [0.2, 0.25) is 0 Å². The van der Waals surface area contributed by atoms with Crippen molar-refractivity contribution in [3.05, 3.63) is 0 Å². The zero-order valence-electron chi connectivity index (χ0n) is 8.25. The first-order chi connectivity index (χ1) is 6.38. The fraction of sp³-hybridized carbons (Fsp3) is 0.818. The number of nitrogens with zero attached hydrogens (tertiary/aromatic N) is 1. The van der Waals surface area contributed by atoms with Gasteiger partial charge in [-0.15, -0.1) is 5.92 Å². The molecule has 2 heterocycles. The van der Waals surface area contributed by atoms with Crippen LogP contribution in [0.4, 0.5) is 0 Å². The van der Waals surface area contributed by atoms with Gasteiger partial charge in [0.15, 0.2) is 0 Å². The molecule has 0 aliphatic carbocycles. The molecule has 2 heteroatoms. The molecule has 0 aromatic rings. The summed E-state index contributed by atoms with van der Waals surface area (Å²) in [6, 6.07) is 0. The molecule has 0 N–H and O–H groups in total. The van der Waals surface area contributed by atoms with E-state index in [0.29, 0.717) is 12.2 Å². The fourth-order valence-corrected chi connectivity index (χ4v) is 2.22. The Morgan fingerprint density at radius 2 is 2.00 bits per heavy atom. The Bertz CT molecular complexity index is 216. The molecule has 2 unspecified atom stereocenters. The van der Waals surface area contributed by atoms with Crippen LogP contribution in [0.2, 0.25) is 0 Å². The van der Waals surface area contributed by atoms with Crippen LogP contribution in [-0.4, -0.2) is 36.7 Å². The molecule has 13 heavy (non-hydrogen) atoms. The van der Waals surface area contributed by atoms with Crippen LogP contribution in [0.5, 0.6) is 0 Å². The van der Waals surface area contributed by atoms with Gasteiger partial charge < -0.3 is 4.74 Å². The van der Waals surface area contributed by atoms with Gasteiger partial charge in [0.05, 0.1) is 18.8 Å². The fourth-order valence-electron chi connectivity index (χ4n) is 2.22. The predicted molar refractivity (Wildman–Crippen MR) is 52.4 cm³/mol. The summed E-state index contributed by atoms with van der Waals surface area (Å²) >= 11 is 0. The summed E-state index contributed by atoms with van der Waals surface area (Å²) in [5, 5.41) is 0. The van der Waals surface area contributed by atoms with Gasteiger partial charge in [-0.05, 0) is 26.2 Å². The minimum atomic E-state index is 0.492. The van der Waals surface area contributed by atoms with E-state index in [2.05, 4.69) is 16.7 Å². The lowest BCUT2D eigenvalue weighted by Crippen LogP contribution is -2.49. The maximum Gasteiger partial charge on any atom is 0.0706 e. The molecular formula is C11H17NO. The van der Waals surface area contributed by atoms with Crippen molar-refractivity contribution in [3.63, 3.8) is 0 Å². The minimum absolute atomic E-state index is 0.492. The molecule has 0 amide bonds. The quantitative estimate of drug-likeness (QED) is 0.562. The highest BCUT2D eigenvalue weighted by Crippen LogP contribution is 2.24. The summed E-state index contributed by atoms with van der Waals surface area (Å²) in [5.41, 5.74) is 0. The monoisotopic (exact) mass is 179 g/mol. The van der Waals surface area contributed by atoms with Gasteiger partial charge in [-0.25, -0.2) is 0 Å². The zero-order chi connectivity index (χ0) is 9.10. The second kappa shape index (κ2) is 4.13. The highest BCUT2D eigenvalue weighted by molar-refractivity contribution is 4.99. The SMILES string of the molecule is CC#CCN1CC2CCCC(C1)O2. The Balaban J connectivity index is 1.88. The Labute approximate surface area is 80.2 Å². The highest BCUT2D eigenvalue weighted by atomic mass is 16.5. The van der Waals surface area contributed by atoms with Gasteiger partial charge in [-0.1, -0.05) is 5.92 Å². The maximum atomic E-state index is 5.84. The van der Waals surface area contributed by atoms with E-state index in [1.807, 2.05) is 6.92 Å². The first-order valence-electron chi connectivity index (χ1n) is 5.16. The molecule has 0 aromatic heterocycles. The second-order valence-corrected chi connectivity index (χ2v) is 3.93. The van der Waals surface area contributed by atoms with Crippen LogP contribution in [0.15, 0.2) is 0 Å². The third-order valence-electron chi connectivity index (χ3n) is 2.84. The van der Waals surface area contributed by atoms with Gasteiger partial charge in [0, 0.05) is 13.1 Å². The topological polar surface area (TPSA) is 12.5 Å². The Hall–Kier alpha value is -0.520. The van der Waals surface area contributed by atoms with Crippen LogP contribution in [0, 0.1) is 11.8 Å². The standard InChI is InChI=1S/C11H17NO/c1-2-3-7-12-8-10-5-4-6-11(9-12)13-10/h10-11H,4-9H2,1H3.